The molecule has 4 aromatic rings. The van der Waals surface area contributed by atoms with Crippen LogP contribution in [0, 0.1) is 24.0 Å². The maximum absolute atomic E-state index is 14.2. The molecule has 0 aliphatic carbocycles. The Morgan fingerprint density at radius 3 is 2.69 bits per heavy atom. The highest BCUT2D eigenvalue weighted by Gasteiger charge is 2.63. The summed E-state index contributed by atoms with van der Waals surface area (Å²) in [7, 11) is 0. The lowest BCUT2D eigenvalue weighted by atomic mass is 9.82. The van der Waals surface area contributed by atoms with Gasteiger partial charge in [0.1, 0.15) is 28.8 Å². The Balaban J connectivity index is 1.72. The summed E-state index contributed by atoms with van der Waals surface area (Å²) >= 11 is 0. The SMILES string of the molecule is C#Cc1nc(-c2nn(Cc3ncccc3F)c3ncc(F)cc23)nc2c1C(C)(C(F)(F)F)C(=O)N2. The second kappa shape index (κ2) is 7.52. The quantitative estimate of drug-likeness (QED) is 0.353. The zero-order chi connectivity index (χ0) is 25.1. The van der Waals surface area contributed by atoms with Gasteiger partial charge in [0.25, 0.3) is 0 Å². The number of nitrogens with zero attached hydrogens (tertiary/aromatic N) is 6. The van der Waals surface area contributed by atoms with Crippen molar-refractivity contribution in [2.75, 3.05) is 5.32 Å². The molecule has 1 unspecified atom stereocenters. The Morgan fingerprint density at radius 2 is 2.00 bits per heavy atom. The normalized spacial score (nSPS) is 17.3. The Labute approximate surface area is 193 Å². The zero-order valence-electron chi connectivity index (χ0n) is 17.7. The first kappa shape index (κ1) is 22.3. The molecule has 0 spiro atoms. The summed E-state index contributed by atoms with van der Waals surface area (Å²) in [6.45, 7) is 0.487. The number of carbonyl (C=O) groups excluding carboxylic acids is 1. The topological polar surface area (TPSA) is 98.5 Å². The second-order valence-corrected chi connectivity index (χ2v) is 7.80. The number of hydrogen-bond donors (Lipinski definition) is 1. The molecule has 176 valence electrons. The van der Waals surface area contributed by atoms with Crippen LogP contribution in [0.25, 0.3) is 22.6 Å². The van der Waals surface area contributed by atoms with Gasteiger partial charge in [0.05, 0.1) is 29.4 Å². The molecule has 13 heteroatoms. The number of pyridine rings is 2. The van der Waals surface area contributed by atoms with Gasteiger partial charge in [-0.15, -0.1) is 6.42 Å². The number of rotatable bonds is 3. The van der Waals surface area contributed by atoms with Gasteiger partial charge in [-0.3, -0.25) is 9.78 Å². The number of amides is 1. The number of halogens is 5. The number of fused-ring (bicyclic) bond motifs is 2. The fourth-order valence-electron chi connectivity index (χ4n) is 3.84. The van der Waals surface area contributed by atoms with E-state index in [2.05, 4.69) is 36.3 Å². The van der Waals surface area contributed by atoms with E-state index >= 15 is 0 Å². The van der Waals surface area contributed by atoms with Crippen molar-refractivity contribution in [1.29, 1.82) is 0 Å². The predicted molar refractivity (Wildman–Crippen MR) is 112 cm³/mol. The number of hydrogen-bond acceptors (Lipinski definition) is 6. The third-order valence-electron chi connectivity index (χ3n) is 5.70. The van der Waals surface area contributed by atoms with Gasteiger partial charge in [-0.2, -0.15) is 18.3 Å². The molecule has 0 radical (unpaired) electrons. The molecule has 4 aromatic heterocycles. The van der Waals surface area contributed by atoms with E-state index in [1.807, 2.05) is 0 Å². The first-order valence-electron chi connectivity index (χ1n) is 9.93. The first-order chi connectivity index (χ1) is 16.5. The summed E-state index contributed by atoms with van der Waals surface area (Å²) in [5, 5.41) is 6.49. The Kier molecular flexibility index (Phi) is 4.80. The van der Waals surface area contributed by atoms with Gasteiger partial charge in [-0.05, 0) is 31.0 Å². The lowest BCUT2D eigenvalue weighted by molar-refractivity contribution is -0.186. The van der Waals surface area contributed by atoms with Crippen LogP contribution in [0.1, 0.15) is 23.9 Å². The summed E-state index contributed by atoms with van der Waals surface area (Å²) in [5.74, 6) is -1.35. The van der Waals surface area contributed by atoms with Gasteiger partial charge < -0.3 is 5.32 Å². The molecular formula is C22H12F5N7O. The van der Waals surface area contributed by atoms with Crippen LogP contribution in [0.5, 0.6) is 0 Å². The van der Waals surface area contributed by atoms with Crippen molar-refractivity contribution in [3.63, 3.8) is 0 Å². The lowest BCUT2D eigenvalue weighted by Crippen LogP contribution is -2.45. The van der Waals surface area contributed by atoms with Crippen molar-refractivity contribution in [3.05, 3.63) is 59.2 Å². The number of alkyl halides is 3. The van der Waals surface area contributed by atoms with Crippen molar-refractivity contribution in [3.8, 4) is 23.9 Å². The highest BCUT2D eigenvalue weighted by Crippen LogP contribution is 2.49. The van der Waals surface area contributed by atoms with Crippen molar-refractivity contribution in [2.45, 2.75) is 25.1 Å². The second-order valence-electron chi connectivity index (χ2n) is 7.80. The molecule has 1 atom stereocenters. The minimum absolute atomic E-state index is 0.0157. The Morgan fingerprint density at radius 1 is 1.23 bits per heavy atom. The average molecular weight is 485 g/mol. The highest BCUT2D eigenvalue weighted by atomic mass is 19.4. The van der Waals surface area contributed by atoms with E-state index < -0.39 is 46.2 Å². The van der Waals surface area contributed by atoms with Crippen molar-refractivity contribution in [2.24, 2.45) is 0 Å². The number of nitrogens with one attached hydrogen (secondary N) is 1. The minimum atomic E-state index is -4.98. The minimum Gasteiger partial charge on any atom is -0.309 e. The van der Waals surface area contributed by atoms with Gasteiger partial charge in [-0.1, -0.05) is 0 Å². The average Bonchev–Trinajstić information content (AvgIpc) is 3.29. The molecule has 0 bridgehead atoms. The maximum atomic E-state index is 14.2. The van der Waals surface area contributed by atoms with Crippen LogP contribution >= 0.6 is 0 Å². The van der Waals surface area contributed by atoms with E-state index in [4.69, 9.17) is 6.42 Å². The van der Waals surface area contributed by atoms with Gasteiger partial charge >= 0.3 is 6.18 Å². The molecule has 8 nitrogen and oxygen atoms in total. The van der Waals surface area contributed by atoms with E-state index in [0.717, 1.165) is 12.3 Å². The molecular weight excluding hydrogens is 473 g/mol. The monoisotopic (exact) mass is 485 g/mol. The molecule has 5 rings (SSSR count). The summed E-state index contributed by atoms with van der Waals surface area (Å²) in [5.41, 5.74) is -3.99. The van der Waals surface area contributed by atoms with Crippen LogP contribution in [0.4, 0.5) is 27.8 Å². The first-order valence-corrected chi connectivity index (χ1v) is 9.93. The number of anilines is 1. The third kappa shape index (κ3) is 3.29. The molecule has 1 aliphatic rings. The molecule has 0 saturated heterocycles. The van der Waals surface area contributed by atoms with Crippen molar-refractivity contribution >= 4 is 22.8 Å². The number of terminal acetylenes is 1. The van der Waals surface area contributed by atoms with Crippen LogP contribution in [0.15, 0.2) is 30.6 Å². The third-order valence-corrected chi connectivity index (χ3v) is 5.70. The maximum Gasteiger partial charge on any atom is 0.407 e. The fraction of sp³-hybridized carbons (Fsp3) is 0.182. The molecule has 35 heavy (non-hydrogen) atoms. The smallest absolute Gasteiger partial charge is 0.309 e. The van der Waals surface area contributed by atoms with Crippen molar-refractivity contribution < 1.29 is 26.7 Å². The van der Waals surface area contributed by atoms with Gasteiger partial charge in [0.15, 0.2) is 16.9 Å². The van der Waals surface area contributed by atoms with E-state index in [9.17, 15) is 26.7 Å². The lowest BCUT2D eigenvalue weighted by Gasteiger charge is -2.25. The van der Waals surface area contributed by atoms with E-state index in [0.29, 0.717) is 6.92 Å². The van der Waals surface area contributed by atoms with E-state index in [1.165, 1.54) is 23.0 Å². The van der Waals surface area contributed by atoms with E-state index in [-0.39, 0.29) is 34.8 Å². The summed E-state index contributed by atoms with van der Waals surface area (Å²) in [6.07, 6.45) is 2.76. The predicted octanol–water partition coefficient (Wildman–Crippen LogP) is 3.36. The molecule has 1 N–H and O–H groups in total. The molecule has 0 fully saturated rings. The van der Waals surface area contributed by atoms with Crippen LogP contribution < -0.4 is 5.32 Å². The Bertz CT molecular complexity index is 1570. The van der Waals surface area contributed by atoms with Gasteiger partial charge in [-0.25, -0.2) is 28.4 Å². The number of carbonyl (C=O) groups is 1. The van der Waals surface area contributed by atoms with Crippen LogP contribution in [0.2, 0.25) is 0 Å². The molecule has 0 saturated carbocycles. The summed E-state index contributed by atoms with van der Waals surface area (Å²) in [4.78, 5) is 28.4. The van der Waals surface area contributed by atoms with Crippen LogP contribution in [-0.2, 0) is 16.8 Å². The molecule has 0 aromatic carbocycles. The fourth-order valence-corrected chi connectivity index (χ4v) is 3.84. The highest BCUT2D eigenvalue weighted by molar-refractivity contribution is 6.06. The standard InChI is InChI=1S/C22H12F5N7O/c1-3-13-15-17(32-20(35)21(15,2)22(25,26)27)31-18(30-13)16-11-7-10(23)8-29-19(11)34(33-16)9-14-12(24)5-4-6-28-14/h1,4-8H,9H2,2H3,(H,30,31,32,35). The molecule has 5 heterocycles. The number of aromatic nitrogens is 6. The van der Waals surface area contributed by atoms with E-state index in [1.54, 1.807) is 0 Å². The van der Waals surface area contributed by atoms with Gasteiger partial charge in [0, 0.05) is 6.20 Å². The van der Waals surface area contributed by atoms with Gasteiger partial charge in [0.2, 0.25) is 5.91 Å². The van der Waals surface area contributed by atoms with Crippen LogP contribution in [0.3, 0.4) is 0 Å². The largest absolute Gasteiger partial charge is 0.407 e. The Hall–Kier alpha value is -4.47. The molecule has 1 aliphatic heterocycles. The summed E-state index contributed by atoms with van der Waals surface area (Å²) < 4.78 is 70.9. The summed E-state index contributed by atoms with van der Waals surface area (Å²) in [6, 6.07) is 3.67. The van der Waals surface area contributed by atoms with Crippen LogP contribution in [-0.4, -0.2) is 41.8 Å². The zero-order valence-corrected chi connectivity index (χ0v) is 17.7. The van der Waals surface area contributed by atoms with Crippen molar-refractivity contribution in [1.82, 2.24) is 29.7 Å². The molecule has 1 amide bonds.